The zero-order valence-electron chi connectivity index (χ0n) is 9.33. The van der Waals surface area contributed by atoms with Gasteiger partial charge in [0.25, 0.3) is 0 Å². The second-order valence-corrected chi connectivity index (χ2v) is 4.21. The second-order valence-electron chi connectivity index (χ2n) is 4.21. The van der Waals surface area contributed by atoms with Crippen molar-refractivity contribution in [3.05, 3.63) is 11.8 Å². The van der Waals surface area contributed by atoms with Crippen LogP contribution in [0.3, 0.4) is 0 Å². The maximum Gasteiger partial charge on any atom is 0.216 e. The molecule has 84 valence electrons. The van der Waals surface area contributed by atoms with Gasteiger partial charge in [-0.3, -0.25) is 0 Å². The molecule has 1 aromatic heterocycles. The van der Waals surface area contributed by atoms with Gasteiger partial charge in [-0.15, -0.1) is 10.2 Å². The van der Waals surface area contributed by atoms with Crippen LogP contribution in [0.5, 0.6) is 0 Å². The molecule has 1 aliphatic heterocycles. The van der Waals surface area contributed by atoms with Crippen LogP contribution < -0.4 is 5.32 Å². The van der Waals surface area contributed by atoms with Gasteiger partial charge in [-0.25, -0.2) is 0 Å². The Balaban J connectivity index is 1.89. The zero-order chi connectivity index (χ0) is 10.5. The minimum absolute atomic E-state index is 0.664. The first-order valence-electron chi connectivity index (χ1n) is 5.90. The zero-order valence-corrected chi connectivity index (χ0v) is 9.33. The molecule has 4 nitrogen and oxygen atoms in total. The third-order valence-corrected chi connectivity index (χ3v) is 2.92. The predicted molar refractivity (Wildman–Crippen MR) is 57.6 cm³/mol. The Bertz CT molecular complexity index is 290. The molecule has 4 heteroatoms. The average Bonchev–Trinajstić information content (AvgIpc) is 2.54. The van der Waals surface area contributed by atoms with E-state index < -0.39 is 0 Å². The van der Waals surface area contributed by atoms with E-state index in [4.69, 9.17) is 4.42 Å². The highest BCUT2D eigenvalue weighted by Crippen LogP contribution is 2.16. The fourth-order valence-electron chi connectivity index (χ4n) is 2.03. The van der Waals surface area contributed by atoms with Crippen LogP contribution in [-0.4, -0.2) is 23.3 Å². The van der Waals surface area contributed by atoms with Gasteiger partial charge in [-0.05, 0) is 31.8 Å². The predicted octanol–water partition coefficient (Wildman–Crippen LogP) is 1.56. The molecule has 1 atom stereocenters. The summed E-state index contributed by atoms with van der Waals surface area (Å²) in [6, 6.07) is 0. The lowest BCUT2D eigenvalue weighted by molar-refractivity contribution is 0.391. The standard InChI is InChI=1S/C11H19N3O/c1-2-10-13-14-11(15-10)7-9-5-3-4-6-12-8-9/h9,12H,2-8H2,1H3. The van der Waals surface area contributed by atoms with Crippen molar-refractivity contribution in [2.75, 3.05) is 13.1 Å². The van der Waals surface area contributed by atoms with Crippen LogP contribution in [0, 0.1) is 5.92 Å². The topological polar surface area (TPSA) is 51.0 Å². The van der Waals surface area contributed by atoms with Gasteiger partial charge in [0.15, 0.2) is 0 Å². The normalized spacial score (nSPS) is 22.6. The first kappa shape index (κ1) is 10.6. The number of nitrogens with zero attached hydrogens (tertiary/aromatic N) is 2. The molecule has 1 saturated heterocycles. The molecule has 0 amide bonds. The van der Waals surface area contributed by atoms with Crippen molar-refractivity contribution < 1.29 is 4.42 Å². The Morgan fingerprint density at radius 3 is 3.00 bits per heavy atom. The highest BCUT2D eigenvalue weighted by Gasteiger charge is 2.15. The van der Waals surface area contributed by atoms with E-state index in [0.29, 0.717) is 5.92 Å². The summed E-state index contributed by atoms with van der Waals surface area (Å²) in [5, 5.41) is 11.5. The van der Waals surface area contributed by atoms with Crippen molar-refractivity contribution in [3.63, 3.8) is 0 Å². The summed E-state index contributed by atoms with van der Waals surface area (Å²) in [6.07, 6.45) is 5.64. The summed E-state index contributed by atoms with van der Waals surface area (Å²) in [5.41, 5.74) is 0. The van der Waals surface area contributed by atoms with Crippen LogP contribution in [0.4, 0.5) is 0 Å². The van der Waals surface area contributed by atoms with Crippen molar-refractivity contribution in [2.45, 2.75) is 39.0 Å². The van der Waals surface area contributed by atoms with Gasteiger partial charge in [0.2, 0.25) is 11.8 Å². The maximum atomic E-state index is 5.53. The minimum Gasteiger partial charge on any atom is -0.425 e. The van der Waals surface area contributed by atoms with Crippen LogP contribution in [-0.2, 0) is 12.8 Å². The SMILES string of the molecule is CCc1nnc(CC2CCCCNC2)o1. The molecule has 0 aromatic carbocycles. The van der Waals surface area contributed by atoms with Crippen molar-refractivity contribution >= 4 is 0 Å². The van der Waals surface area contributed by atoms with Gasteiger partial charge in [0.1, 0.15) is 0 Å². The number of nitrogens with one attached hydrogen (secondary N) is 1. The van der Waals surface area contributed by atoms with E-state index in [9.17, 15) is 0 Å². The highest BCUT2D eigenvalue weighted by molar-refractivity contribution is 4.85. The van der Waals surface area contributed by atoms with Crippen LogP contribution in [0.2, 0.25) is 0 Å². The van der Waals surface area contributed by atoms with Crippen molar-refractivity contribution in [1.29, 1.82) is 0 Å². The van der Waals surface area contributed by atoms with E-state index in [0.717, 1.165) is 37.7 Å². The molecule has 0 spiro atoms. The molecule has 1 N–H and O–H groups in total. The number of rotatable bonds is 3. The van der Waals surface area contributed by atoms with Crippen molar-refractivity contribution in [2.24, 2.45) is 5.92 Å². The molecule has 0 aliphatic carbocycles. The van der Waals surface area contributed by atoms with Crippen LogP contribution in [0.25, 0.3) is 0 Å². The summed E-state index contributed by atoms with van der Waals surface area (Å²) in [7, 11) is 0. The van der Waals surface area contributed by atoms with E-state index in [1.165, 1.54) is 19.3 Å². The van der Waals surface area contributed by atoms with Gasteiger partial charge >= 0.3 is 0 Å². The lowest BCUT2D eigenvalue weighted by atomic mass is 10.00. The molecule has 2 heterocycles. The molecule has 1 aromatic rings. The molecule has 1 fully saturated rings. The second kappa shape index (κ2) is 5.26. The van der Waals surface area contributed by atoms with E-state index >= 15 is 0 Å². The van der Waals surface area contributed by atoms with E-state index in [-0.39, 0.29) is 0 Å². The van der Waals surface area contributed by atoms with E-state index in [2.05, 4.69) is 15.5 Å². The van der Waals surface area contributed by atoms with Gasteiger partial charge in [0.05, 0.1) is 0 Å². The van der Waals surface area contributed by atoms with Gasteiger partial charge in [0, 0.05) is 12.8 Å². The molecule has 15 heavy (non-hydrogen) atoms. The summed E-state index contributed by atoms with van der Waals surface area (Å²) in [4.78, 5) is 0. The summed E-state index contributed by atoms with van der Waals surface area (Å²) in [5.74, 6) is 2.23. The lowest BCUT2D eigenvalue weighted by Crippen LogP contribution is -2.22. The first-order chi connectivity index (χ1) is 7.38. The lowest BCUT2D eigenvalue weighted by Gasteiger charge is -2.10. The number of hydrogen-bond acceptors (Lipinski definition) is 4. The molecule has 0 saturated carbocycles. The van der Waals surface area contributed by atoms with Crippen LogP contribution in [0.1, 0.15) is 38.0 Å². The Kier molecular flexibility index (Phi) is 3.72. The van der Waals surface area contributed by atoms with Gasteiger partial charge in [-0.2, -0.15) is 0 Å². The fraction of sp³-hybridized carbons (Fsp3) is 0.818. The van der Waals surface area contributed by atoms with E-state index in [1.807, 2.05) is 6.92 Å². The van der Waals surface area contributed by atoms with Crippen molar-refractivity contribution in [3.8, 4) is 0 Å². The largest absolute Gasteiger partial charge is 0.425 e. The molecular weight excluding hydrogens is 190 g/mol. The summed E-state index contributed by atoms with van der Waals surface area (Å²) < 4.78 is 5.53. The maximum absolute atomic E-state index is 5.53. The van der Waals surface area contributed by atoms with Crippen LogP contribution >= 0.6 is 0 Å². The van der Waals surface area contributed by atoms with Gasteiger partial charge in [-0.1, -0.05) is 13.3 Å². The Morgan fingerprint density at radius 1 is 1.33 bits per heavy atom. The van der Waals surface area contributed by atoms with Gasteiger partial charge < -0.3 is 9.73 Å². The smallest absolute Gasteiger partial charge is 0.216 e. The third-order valence-electron chi connectivity index (χ3n) is 2.92. The average molecular weight is 209 g/mol. The minimum atomic E-state index is 0.664. The third kappa shape index (κ3) is 3.02. The number of aromatic nitrogens is 2. The quantitative estimate of drug-likeness (QED) is 0.821. The van der Waals surface area contributed by atoms with Crippen molar-refractivity contribution in [1.82, 2.24) is 15.5 Å². The molecule has 1 aliphatic rings. The molecule has 1 unspecified atom stereocenters. The number of aryl methyl sites for hydroxylation is 1. The molecule has 0 bridgehead atoms. The summed E-state index contributed by atoms with van der Waals surface area (Å²) in [6.45, 7) is 4.27. The number of hydrogen-bond donors (Lipinski definition) is 1. The van der Waals surface area contributed by atoms with E-state index in [1.54, 1.807) is 0 Å². The molecular formula is C11H19N3O. The summed E-state index contributed by atoms with van der Waals surface area (Å²) >= 11 is 0. The molecule has 0 radical (unpaired) electrons. The fourth-order valence-corrected chi connectivity index (χ4v) is 2.03. The monoisotopic (exact) mass is 209 g/mol. The Labute approximate surface area is 90.5 Å². The molecule has 2 rings (SSSR count). The Hall–Kier alpha value is -0.900. The van der Waals surface area contributed by atoms with Crippen LogP contribution in [0.15, 0.2) is 4.42 Å². The highest BCUT2D eigenvalue weighted by atomic mass is 16.4. The first-order valence-corrected chi connectivity index (χ1v) is 5.90. The Morgan fingerprint density at radius 2 is 2.20 bits per heavy atom.